The number of nitrogens with zero attached hydrogens (tertiary/aromatic N) is 2. The van der Waals surface area contributed by atoms with Gasteiger partial charge in [0.05, 0.1) is 7.11 Å². The van der Waals surface area contributed by atoms with Gasteiger partial charge in [0, 0.05) is 66.5 Å². The van der Waals surface area contributed by atoms with Gasteiger partial charge in [-0.05, 0) is 42.0 Å². The van der Waals surface area contributed by atoms with E-state index in [1.54, 1.807) is 12.0 Å². The number of carbonyl (C=O) groups is 1. The Morgan fingerprint density at radius 2 is 1.93 bits per heavy atom. The Balaban J connectivity index is 1.64. The van der Waals surface area contributed by atoms with Crippen LogP contribution >= 0.6 is 11.8 Å². The first-order chi connectivity index (χ1) is 13.7. The molecule has 3 aromatic rings. The minimum Gasteiger partial charge on any atom is -0.497 e. The molecule has 1 aromatic heterocycles. The highest BCUT2D eigenvalue weighted by Crippen LogP contribution is 2.27. The van der Waals surface area contributed by atoms with Crippen LogP contribution in [0, 0.1) is 0 Å². The molecule has 0 spiro atoms. The number of aromatic nitrogens is 1. The highest BCUT2D eigenvalue weighted by Gasteiger charge is 2.20. The van der Waals surface area contributed by atoms with Crippen molar-refractivity contribution < 1.29 is 9.53 Å². The third-order valence-corrected chi connectivity index (χ3v) is 6.22. The minimum atomic E-state index is -0.00850. The average Bonchev–Trinajstić information content (AvgIpc) is 3.16. The molecule has 1 N–H and O–H groups in total. The van der Waals surface area contributed by atoms with Crippen LogP contribution in [0.4, 0.5) is 5.69 Å². The lowest BCUT2D eigenvalue weighted by Gasteiger charge is -2.26. The molecule has 1 amide bonds. The molecule has 146 valence electrons. The second kappa shape index (κ2) is 8.29. The number of ether oxygens (including phenoxy) is 1. The maximum atomic E-state index is 13.3. The summed E-state index contributed by atoms with van der Waals surface area (Å²) in [7, 11) is 3.45. The number of aromatic amines is 1. The van der Waals surface area contributed by atoms with Crippen LogP contribution < -0.4 is 9.64 Å². The zero-order chi connectivity index (χ0) is 19.5. The first-order valence-electron chi connectivity index (χ1n) is 9.48. The lowest BCUT2D eigenvalue weighted by atomic mass is 10.0. The van der Waals surface area contributed by atoms with E-state index in [4.69, 9.17) is 4.74 Å². The number of fused-ring (bicyclic) bond motifs is 1. The van der Waals surface area contributed by atoms with Gasteiger partial charge in [0.15, 0.2) is 0 Å². The molecule has 0 saturated carbocycles. The van der Waals surface area contributed by atoms with Crippen molar-refractivity contribution in [1.29, 1.82) is 0 Å². The molecule has 0 bridgehead atoms. The Kier molecular flexibility index (Phi) is 5.59. The van der Waals surface area contributed by atoms with E-state index in [1.807, 2.05) is 61.3 Å². The van der Waals surface area contributed by atoms with Crippen molar-refractivity contribution in [1.82, 2.24) is 9.88 Å². The van der Waals surface area contributed by atoms with E-state index in [2.05, 4.69) is 16.1 Å². The number of thioether (sulfide) groups is 1. The summed E-state index contributed by atoms with van der Waals surface area (Å²) in [6.45, 7) is 3.06. The SMILES string of the molecule is COc1ccc(N(C)C(=O)c2cccc3[nH]cc(CN4CCSCC4)c23)cc1. The number of amides is 1. The van der Waals surface area contributed by atoms with Gasteiger partial charge in [-0.25, -0.2) is 0 Å². The van der Waals surface area contributed by atoms with E-state index in [0.29, 0.717) is 0 Å². The topological polar surface area (TPSA) is 48.6 Å². The number of anilines is 1. The third-order valence-electron chi connectivity index (χ3n) is 5.28. The fourth-order valence-corrected chi connectivity index (χ4v) is 4.64. The summed E-state index contributed by atoms with van der Waals surface area (Å²) in [5.74, 6) is 3.12. The second-order valence-corrected chi connectivity index (χ2v) is 8.22. The Morgan fingerprint density at radius 1 is 1.18 bits per heavy atom. The van der Waals surface area contributed by atoms with Gasteiger partial charge in [-0.15, -0.1) is 0 Å². The number of H-pyrrole nitrogens is 1. The van der Waals surface area contributed by atoms with Gasteiger partial charge >= 0.3 is 0 Å². The molecule has 0 atom stereocenters. The zero-order valence-electron chi connectivity index (χ0n) is 16.3. The molecule has 0 unspecified atom stereocenters. The summed E-state index contributed by atoms with van der Waals surface area (Å²) >= 11 is 2.01. The minimum absolute atomic E-state index is 0.00850. The molecule has 1 fully saturated rings. The van der Waals surface area contributed by atoms with Crippen molar-refractivity contribution in [2.24, 2.45) is 0 Å². The fraction of sp³-hybridized carbons (Fsp3) is 0.318. The Labute approximate surface area is 169 Å². The summed E-state index contributed by atoms with van der Waals surface area (Å²) in [6, 6.07) is 13.4. The second-order valence-electron chi connectivity index (χ2n) is 6.99. The van der Waals surface area contributed by atoms with Crippen molar-refractivity contribution >= 4 is 34.3 Å². The largest absolute Gasteiger partial charge is 0.497 e. The van der Waals surface area contributed by atoms with Gasteiger partial charge in [0.25, 0.3) is 5.91 Å². The summed E-state index contributed by atoms with van der Waals surface area (Å²) in [5.41, 5.74) is 3.77. The van der Waals surface area contributed by atoms with Crippen LogP contribution in [0.3, 0.4) is 0 Å². The van der Waals surface area contributed by atoms with Crippen LogP contribution in [0.1, 0.15) is 15.9 Å². The molecule has 6 heteroatoms. The van der Waals surface area contributed by atoms with E-state index < -0.39 is 0 Å². The molecule has 0 aliphatic carbocycles. The number of methoxy groups -OCH3 is 1. The van der Waals surface area contributed by atoms with Gasteiger partial charge in [0.1, 0.15) is 5.75 Å². The Morgan fingerprint density at radius 3 is 2.64 bits per heavy atom. The van der Waals surface area contributed by atoms with Crippen molar-refractivity contribution in [2.75, 3.05) is 43.7 Å². The average molecular weight is 396 g/mol. The van der Waals surface area contributed by atoms with Crippen molar-refractivity contribution in [3.8, 4) is 5.75 Å². The van der Waals surface area contributed by atoms with Crippen molar-refractivity contribution in [2.45, 2.75) is 6.54 Å². The lowest BCUT2D eigenvalue weighted by Crippen LogP contribution is -2.32. The highest BCUT2D eigenvalue weighted by molar-refractivity contribution is 7.99. The number of benzene rings is 2. The van der Waals surface area contributed by atoms with Crippen LogP contribution in [-0.4, -0.2) is 54.5 Å². The van der Waals surface area contributed by atoms with Crippen LogP contribution in [0.2, 0.25) is 0 Å². The fourth-order valence-electron chi connectivity index (χ4n) is 3.66. The number of nitrogens with one attached hydrogen (secondary N) is 1. The maximum Gasteiger partial charge on any atom is 0.258 e. The van der Waals surface area contributed by atoms with Gasteiger partial charge in [0.2, 0.25) is 0 Å². The van der Waals surface area contributed by atoms with Gasteiger partial charge < -0.3 is 14.6 Å². The molecular weight excluding hydrogens is 370 g/mol. The standard InChI is InChI=1S/C22H25N3O2S/c1-24(17-6-8-18(27-2)9-7-17)22(26)19-4-3-5-20-21(19)16(14-23-20)15-25-10-12-28-13-11-25/h3-9,14,23H,10-13,15H2,1-2H3. The molecule has 28 heavy (non-hydrogen) atoms. The Hall–Kier alpha value is -2.44. The Bertz CT molecular complexity index is 962. The van der Waals surface area contributed by atoms with Crippen molar-refractivity contribution in [3.63, 3.8) is 0 Å². The van der Waals surface area contributed by atoms with E-state index in [-0.39, 0.29) is 5.91 Å². The molecular formula is C22H25N3O2S. The van der Waals surface area contributed by atoms with E-state index in [9.17, 15) is 4.79 Å². The van der Waals surface area contributed by atoms with Gasteiger partial charge in [-0.2, -0.15) is 11.8 Å². The van der Waals surface area contributed by atoms with Gasteiger partial charge in [-0.1, -0.05) is 6.07 Å². The molecule has 2 aromatic carbocycles. The predicted octanol–water partition coefficient (Wildman–Crippen LogP) is 4.00. The predicted molar refractivity (Wildman–Crippen MR) is 117 cm³/mol. The van der Waals surface area contributed by atoms with Crippen LogP contribution in [-0.2, 0) is 6.54 Å². The third kappa shape index (κ3) is 3.75. The van der Waals surface area contributed by atoms with Crippen LogP contribution in [0.25, 0.3) is 10.9 Å². The first kappa shape index (κ1) is 18.9. The molecule has 1 aliphatic rings. The molecule has 0 radical (unpaired) electrons. The normalized spacial score (nSPS) is 14.9. The maximum absolute atomic E-state index is 13.3. The molecule has 1 aliphatic heterocycles. The molecule has 1 saturated heterocycles. The van der Waals surface area contributed by atoms with Crippen molar-refractivity contribution in [3.05, 3.63) is 59.8 Å². The monoisotopic (exact) mass is 395 g/mol. The summed E-state index contributed by atoms with van der Waals surface area (Å²) < 4.78 is 5.22. The van der Waals surface area contributed by atoms with E-state index >= 15 is 0 Å². The quantitative estimate of drug-likeness (QED) is 0.709. The highest BCUT2D eigenvalue weighted by atomic mass is 32.2. The smallest absolute Gasteiger partial charge is 0.258 e. The lowest BCUT2D eigenvalue weighted by molar-refractivity contribution is 0.0994. The number of hydrogen-bond acceptors (Lipinski definition) is 4. The summed E-state index contributed by atoms with van der Waals surface area (Å²) in [5, 5.41) is 1.03. The summed E-state index contributed by atoms with van der Waals surface area (Å²) in [6.07, 6.45) is 2.05. The number of carbonyl (C=O) groups excluding carboxylic acids is 1. The molecule has 4 rings (SSSR count). The molecule has 5 nitrogen and oxygen atoms in total. The first-order valence-corrected chi connectivity index (χ1v) is 10.6. The van der Waals surface area contributed by atoms with Crippen LogP contribution in [0.15, 0.2) is 48.7 Å². The van der Waals surface area contributed by atoms with Gasteiger partial charge in [-0.3, -0.25) is 9.69 Å². The number of hydrogen-bond donors (Lipinski definition) is 1. The molecule has 2 heterocycles. The zero-order valence-corrected chi connectivity index (χ0v) is 17.1. The summed E-state index contributed by atoms with van der Waals surface area (Å²) in [4.78, 5) is 20.8. The van der Waals surface area contributed by atoms with E-state index in [0.717, 1.165) is 47.5 Å². The van der Waals surface area contributed by atoms with Crippen LogP contribution in [0.5, 0.6) is 5.75 Å². The number of rotatable bonds is 5. The van der Waals surface area contributed by atoms with E-state index in [1.165, 1.54) is 17.1 Å².